The van der Waals surface area contributed by atoms with Crippen LogP contribution in [0.3, 0.4) is 0 Å². The molecule has 1 aliphatic rings. The summed E-state index contributed by atoms with van der Waals surface area (Å²) in [5.41, 5.74) is 0.831. The fraction of sp³-hybridized carbons (Fsp3) is 0.500. The molecule has 1 amide bonds. The Morgan fingerprint density at radius 2 is 1.94 bits per heavy atom. The minimum atomic E-state index is -0.0619. The van der Waals surface area contributed by atoms with Crippen LogP contribution in [0, 0.1) is 0 Å². The van der Waals surface area contributed by atoms with E-state index in [0.29, 0.717) is 11.8 Å². The Labute approximate surface area is 107 Å². The molecular weight excluding hydrogens is 230 g/mol. The third-order valence-corrected chi connectivity index (χ3v) is 3.20. The second kappa shape index (κ2) is 6.40. The monoisotopic (exact) mass is 249 g/mol. The molecule has 0 bridgehead atoms. The van der Waals surface area contributed by atoms with Crippen LogP contribution < -0.4 is 10.1 Å². The number of ether oxygens (including phenoxy) is 1. The molecule has 0 radical (unpaired) electrons. The second-order valence-electron chi connectivity index (χ2n) is 4.64. The van der Waals surface area contributed by atoms with Crippen molar-refractivity contribution in [3.05, 3.63) is 29.8 Å². The fourth-order valence-electron chi connectivity index (χ4n) is 2.18. The Bertz CT molecular complexity index is 383. The summed E-state index contributed by atoms with van der Waals surface area (Å²) in [7, 11) is 0. The van der Waals surface area contributed by atoms with Gasteiger partial charge >= 0.3 is 0 Å². The Morgan fingerprint density at radius 3 is 2.56 bits per heavy atom. The second-order valence-corrected chi connectivity index (χ2v) is 4.64. The highest BCUT2D eigenvalue weighted by Gasteiger charge is 2.17. The Balaban J connectivity index is 1.74. The molecule has 1 aliphatic carbocycles. The van der Waals surface area contributed by atoms with Gasteiger partial charge in [-0.3, -0.25) is 4.79 Å². The van der Waals surface area contributed by atoms with E-state index in [1.165, 1.54) is 12.8 Å². The number of benzene rings is 1. The predicted octanol–water partition coefficient (Wildman–Crippen LogP) is 1.62. The molecule has 1 aromatic carbocycles. The molecule has 4 heteroatoms. The number of carbonyl (C=O) groups excluding carboxylic acids is 1. The highest BCUT2D eigenvalue weighted by molar-refractivity contribution is 5.77. The minimum absolute atomic E-state index is 0.0163. The number of nitrogens with one attached hydrogen (secondary N) is 1. The van der Waals surface area contributed by atoms with Gasteiger partial charge in [0.25, 0.3) is 5.91 Å². The molecule has 2 rings (SSSR count). The highest BCUT2D eigenvalue weighted by Crippen LogP contribution is 2.17. The summed E-state index contributed by atoms with van der Waals surface area (Å²) >= 11 is 0. The molecule has 4 nitrogen and oxygen atoms in total. The lowest BCUT2D eigenvalue weighted by Crippen LogP contribution is -2.36. The third kappa shape index (κ3) is 3.74. The van der Waals surface area contributed by atoms with Crippen molar-refractivity contribution in [1.82, 2.24) is 5.32 Å². The van der Waals surface area contributed by atoms with Crippen LogP contribution in [0.25, 0.3) is 0 Å². The van der Waals surface area contributed by atoms with Gasteiger partial charge in [0.2, 0.25) is 0 Å². The van der Waals surface area contributed by atoms with Crippen molar-refractivity contribution in [2.75, 3.05) is 6.61 Å². The third-order valence-electron chi connectivity index (χ3n) is 3.20. The predicted molar refractivity (Wildman–Crippen MR) is 68.3 cm³/mol. The van der Waals surface area contributed by atoms with Gasteiger partial charge in [-0.2, -0.15) is 0 Å². The van der Waals surface area contributed by atoms with Gasteiger partial charge in [0.05, 0.1) is 6.61 Å². The van der Waals surface area contributed by atoms with E-state index < -0.39 is 0 Å². The van der Waals surface area contributed by atoms with E-state index in [1.54, 1.807) is 24.3 Å². The minimum Gasteiger partial charge on any atom is -0.484 e. The van der Waals surface area contributed by atoms with Crippen LogP contribution in [0.5, 0.6) is 5.75 Å². The summed E-state index contributed by atoms with van der Waals surface area (Å²) in [4.78, 5) is 11.6. The van der Waals surface area contributed by atoms with Gasteiger partial charge in [0.15, 0.2) is 6.61 Å². The zero-order valence-corrected chi connectivity index (χ0v) is 10.4. The summed E-state index contributed by atoms with van der Waals surface area (Å²) in [6.45, 7) is 0.0669. The van der Waals surface area contributed by atoms with Crippen LogP contribution in [0.4, 0.5) is 0 Å². The maximum Gasteiger partial charge on any atom is 0.258 e. The summed E-state index contributed by atoms with van der Waals surface area (Å²) in [6.07, 6.45) is 4.57. The molecule has 0 atom stereocenters. The molecule has 2 N–H and O–H groups in total. The van der Waals surface area contributed by atoms with Crippen LogP contribution in [0.15, 0.2) is 24.3 Å². The molecule has 18 heavy (non-hydrogen) atoms. The van der Waals surface area contributed by atoms with E-state index in [0.717, 1.165) is 18.4 Å². The van der Waals surface area contributed by atoms with E-state index in [2.05, 4.69) is 5.32 Å². The molecule has 1 fully saturated rings. The largest absolute Gasteiger partial charge is 0.484 e. The van der Waals surface area contributed by atoms with Crippen molar-refractivity contribution in [2.45, 2.75) is 38.3 Å². The van der Waals surface area contributed by atoms with Crippen molar-refractivity contribution in [3.8, 4) is 5.75 Å². The van der Waals surface area contributed by atoms with Gasteiger partial charge < -0.3 is 15.2 Å². The van der Waals surface area contributed by atoms with Gasteiger partial charge in [-0.15, -0.1) is 0 Å². The number of hydrogen-bond acceptors (Lipinski definition) is 3. The van der Waals surface area contributed by atoms with Crippen LogP contribution in [0.1, 0.15) is 31.2 Å². The lowest BCUT2D eigenvalue weighted by molar-refractivity contribution is -0.123. The van der Waals surface area contributed by atoms with Crippen molar-refractivity contribution >= 4 is 5.91 Å². The van der Waals surface area contributed by atoms with E-state index >= 15 is 0 Å². The van der Waals surface area contributed by atoms with Crippen LogP contribution in [-0.2, 0) is 11.4 Å². The SMILES string of the molecule is O=C(COc1ccc(CO)cc1)NC1CCCC1. The van der Waals surface area contributed by atoms with Gasteiger partial charge in [-0.25, -0.2) is 0 Å². The molecule has 0 aliphatic heterocycles. The van der Waals surface area contributed by atoms with Crippen molar-refractivity contribution in [3.63, 3.8) is 0 Å². The zero-order valence-electron chi connectivity index (χ0n) is 10.4. The number of aliphatic hydroxyl groups is 1. The maximum atomic E-state index is 11.6. The van der Waals surface area contributed by atoms with Crippen molar-refractivity contribution in [2.24, 2.45) is 0 Å². The van der Waals surface area contributed by atoms with Crippen LogP contribution in [-0.4, -0.2) is 23.7 Å². The summed E-state index contributed by atoms with van der Waals surface area (Å²) < 4.78 is 5.38. The Kier molecular flexibility index (Phi) is 4.59. The zero-order chi connectivity index (χ0) is 12.8. The van der Waals surface area contributed by atoms with E-state index in [1.807, 2.05) is 0 Å². The van der Waals surface area contributed by atoms with Crippen LogP contribution in [0.2, 0.25) is 0 Å². The number of aliphatic hydroxyl groups excluding tert-OH is 1. The lowest BCUT2D eigenvalue weighted by atomic mass is 10.2. The van der Waals surface area contributed by atoms with E-state index in [9.17, 15) is 4.79 Å². The number of rotatable bonds is 5. The first kappa shape index (κ1) is 12.9. The van der Waals surface area contributed by atoms with Gasteiger partial charge in [-0.1, -0.05) is 25.0 Å². The standard InChI is InChI=1S/C14H19NO3/c16-9-11-5-7-13(8-6-11)18-10-14(17)15-12-3-1-2-4-12/h5-8,12,16H,1-4,9-10H2,(H,15,17). The first-order valence-corrected chi connectivity index (χ1v) is 6.40. The van der Waals surface area contributed by atoms with E-state index in [-0.39, 0.29) is 19.1 Å². The van der Waals surface area contributed by atoms with Gasteiger partial charge in [0.1, 0.15) is 5.75 Å². The number of amides is 1. The first-order chi connectivity index (χ1) is 8.78. The average molecular weight is 249 g/mol. The van der Waals surface area contributed by atoms with Crippen LogP contribution >= 0.6 is 0 Å². The average Bonchev–Trinajstić information content (AvgIpc) is 2.90. The first-order valence-electron chi connectivity index (χ1n) is 6.40. The molecule has 0 spiro atoms. The molecule has 1 aromatic rings. The van der Waals surface area contributed by atoms with Gasteiger partial charge in [0, 0.05) is 6.04 Å². The molecule has 0 aromatic heterocycles. The van der Waals surface area contributed by atoms with Crippen molar-refractivity contribution < 1.29 is 14.6 Å². The normalized spacial score (nSPS) is 15.6. The Hall–Kier alpha value is -1.55. The fourth-order valence-corrected chi connectivity index (χ4v) is 2.18. The molecule has 0 heterocycles. The summed E-state index contributed by atoms with van der Waals surface area (Å²) in [5.74, 6) is 0.585. The summed E-state index contributed by atoms with van der Waals surface area (Å²) in [6, 6.07) is 7.41. The quantitative estimate of drug-likeness (QED) is 0.833. The van der Waals surface area contributed by atoms with Gasteiger partial charge in [-0.05, 0) is 30.5 Å². The van der Waals surface area contributed by atoms with E-state index in [4.69, 9.17) is 9.84 Å². The molecule has 0 saturated heterocycles. The molecular formula is C14H19NO3. The maximum absolute atomic E-state index is 11.6. The highest BCUT2D eigenvalue weighted by atomic mass is 16.5. The topological polar surface area (TPSA) is 58.6 Å². The molecule has 1 saturated carbocycles. The van der Waals surface area contributed by atoms with Crippen molar-refractivity contribution in [1.29, 1.82) is 0 Å². The number of carbonyl (C=O) groups is 1. The lowest BCUT2D eigenvalue weighted by Gasteiger charge is -2.12. The smallest absolute Gasteiger partial charge is 0.258 e. The number of hydrogen-bond donors (Lipinski definition) is 2. The summed E-state index contributed by atoms with van der Waals surface area (Å²) in [5, 5.41) is 11.9. The Morgan fingerprint density at radius 1 is 1.28 bits per heavy atom. The molecule has 0 unspecified atom stereocenters. The molecule has 98 valence electrons.